The van der Waals surface area contributed by atoms with E-state index < -0.39 is 21.2 Å². The molecule has 5 rings (SSSR count). The van der Waals surface area contributed by atoms with Gasteiger partial charge in [-0.3, -0.25) is 9.52 Å². The standard InChI is InChI=1S/C25H19NO7S/c1-31-18-8-5-9-19-21(18)23(27)22-20(33-19)13-17(25(32-2)24(22)28)26-34(29,30)16-11-10-14-6-3-4-7-15(14)12-16/h3-13,26,28H,1-2H3. The lowest BCUT2D eigenvalue weighted by atomic mass is 10.1. The minimum absolute atomic E-state index is 0.0136. The quantitative estimate of drug-likeness (QED) is 0.355. The van der Waals surface area contributed by atoms with Crippen LogP contribution in [0.1, 0.15) is 0 Å². The number of anilines is 1. The molecule has 1 aromatic heterocycles. The van der Waals surface area contributed by atoms with Gasteiger partial charge in [0, 0.05) is 6.07 Å². The zero-order valence-corrected chi connectivity index (χ0v) is 19.0. The number of benzene rings is 4. The highest BCUT2D eigenvalue weighted by atomic mass is 32.2. The number of methoxy groups -OCH3 is 2. The molecule has 0 aliphatic carbocycles. The van der Waals surface area contributed by atoms with Gasteiger partial charge < -0.3 is 19.0 Å². The van der Waals surface area contributed by atoms with Gasteiger partial charge in [0.25, 0.3) is 10.0 Å². The van der Waals surface area contributed by atoms with E-state index in [4.69, 9.17) is 13.9 Å². The summed E-state index contributed by atoms with van der Waals surface area (Å²) >= 11 is 0. The number of ether oxygens (including phenoxy) is 2. The molecule has 0 radical (unpaired) electrons. The second-order valence-electron chi connectivity index (χ2n) is 7.56. The molecule has 8 nitrogen and oxygen atoms in total. The fourth-order valence-electron chi connectivity index (χ4n) is 3.98. The van der Waals surface area contributed by atoms with Crippen LogP contribution in [0.3, 0.4) is 0 Å². The largest absolute Gasteiger partial charge is 0.504 e. The lowest BCUT2D eigenvalue weighted by Gasteiger charge is -2.15. The van der Waals surface area contributed by atoms with Crippen LogP contribution < -0.4 is 19.6 Å². The number of hydrogen-bond donors (Lipinski definition) is 2. The fourth-order valence-corrected chi connectivity index (χ4v) is 5.07. The molecule has 0 amide bonds. The Hall–Kier alpha value is -4.24. The Morgan fingerprint density at radius 3 is 2.35 bits per heavy atom. The second-order valence-corrected chi connectivity index (χ2v) is 9.24. The summed E-state index contributed by atoms with van der Waals surface area (Å²) in [6.07, 6.45) is 0. The predicted octanol–water partition coefficient (Wildman–Crippen LogP) is 4.62. The zero-order chi connectivity index (χ0) is 24.0. The smallest absolute Gasteiger partial charge is 0.262 e. The number of fused-ring (bicyclic) bond motifs is 3. The molecule has 34 heavy (non-hydrogen) atoms. The molecule has 9 heteroatoms. The second kappa shape index (κ2) is 7.96. The van der Waals surface area contributed by atoms with E-state index >= 15 is 0 Å². The first-order chi connectivity index (χ1) is 16.3. The fraction of sp³-hybridized carbons (Fsp3) is 0.0800. The molecule has 4 aromatic carbocycles. The number of phenols is 1. The molecule has 2 N–H and O–H groups in total. The third kappa shape index (κ3) is 3.37. The maximum absolute atomic E-state index is 13.2. The van der Waals surface area contributed by atoms with Crippen molar-refractivity contribution in [2.45, 2.75) is 4.90 Å². The molecule has 0 atom stereocenters. The van der Waals surface area contributed by atoms with Gasteiger partial charge in [-0.2, -0.15) is 0 Å². The average Bonchev–Trinajstić information content (AvgIpc) is 2.83. The molecule has 172 valence electrons. The molecule has 0 bridgehead atoms. The van der Waals surface area contributed by atoms with Crippen molar-refractivity contribution in [3.05, 3.63) is 77.0 Å². The van der Waals surface area contributed by atoms with Gasteiger partial charge in [-0.1, -0.05) is 36.4 Å². The number of hydrogen-bond acceptors (Lipinski definition) is 7. The van der Waals surface area contributed by atoms with E-state index in [0.29, 0.717) is 0 Å². The summed E-state index contributed by atoms with van der Waals surface area (Å²) < 4.78 is 45.1. The van der Waals surface area contributed by atoms with Crippen molar-refractivity contribution >= 4 is 48.4 Å². The zero-order valence-electron chi connectivity index (χ0n) is 18.2. The number of sulfonamides is 1. The minimum atomic E-state index is -4.07. The van der Waals surface area contributed by atoms with E-state index in [0.717, 1.165) is 10.8 Å². The number of aromatic hydroxyl groups is 1. The molecule has 0 fully saturated rings. The van der Waals surface area contributed by atoms with Crippen molar-refractivity contribution in [1.29, 1.82) is 0 Å². The summed E-state index contributed by atoms with van der Waals surface area (Å²) in [7, 11) is -1.38. The maximum atomic E-state index is 13.2. The van der Waals surface area contributed by atoms with Gasteiger partial charge in [-0.25, -0.2) is 8.42 Å². The monoisotopic (exact) mass is 477 g/mol. The van der Waals surface area contributed by atoms with Crippen LogP contribution in [-0.2, 0) is 10.0 Å². The average molecular weight is 477 g/mol. The van der Waals surface area contributed by atoms with Gasteiger partial charge >= 0.3 is 0 Å². The van der Waals surface area contributed by atoms with Crippen LogP contribution in [0.25, 0.3) is 32.7 Å². The SMILES string of the molecule is COc1c(NS(=O)(=O)c2ccc3ccccc3c2)cc2oc3cccc(OC)c3c(=O)c2c1O. The van der Waals surface area contributed by atoms with Crippen LogP contribution in [0.2, 0.25) is 0 Å². The van der Waals surface area contributed by atoms with E-state index in [2.05, 4.69) is 4.72 Å². The molecular weight excluding hydrogens is 458 g/mol. The predicted molar refractivity (Wildman–Crippen MR) is 130 cm³/mol. The van der Waals surface area contributed by atoms with E-state index in [9.17, 15) is 18.3 Å². The van der Waals surface area contributed by atoms with Gasteiger partial charge in [0.15, 0.2) is 11.5 Å². The van der Waals surface area contributed by atoms with Crippen LogP contribution >= 0.6 is 0 Å². The van der Waals surface area contributed by atoms with Crippen molar-refractivity contribution < 1.29 is 27.4 Å². The number of nitrogens with one attached hydrogen (secondary N) is 1. The summed E-state index contributed by atoms with van der Waals surface area (Å²) in [5.74, 6) is -0.469. The third-order valence-corrected chi connectivity index (χ3v) is 6.94. The van der Waals surface area contributed by atoms with Gasteiger partial charge in [-0.15, -0.1) is 0 Å². The Bertz CT molecular complexity index is 1760. The molecule has 0 unspecified atom stereocenters. The topological polar surface area (TPSA) is 115 Å². The number of rotatable bonds is 5. The van der Waals surface area contributed by atoms with Crippen LogP contribution in [0.5, 0.6) is 17.2 Å². The van der Waals surface area contributed by atoms with Crippen LogP contribution in [0.4, 0.5) is 5.69 Å². The Labute approximate surface area is 194 Å². The lowest BCUT2D eigenvalue weighted by Crippen LogP contribution is -2.14. The molecule has 0 saturated heterocycles. The molecule has 0 saturated carbocycles. The summed E-state index contributed by atoms with van der Waals surface area (Å²) in [6.45, 7) is 0. The molecule has 0 aliphatic rings. The van der Waals surface area contributed by atoms with Crippen molar-refractivity contribution in [1.82, 2.24) is 0 Å². The first-order valence-corrected chi connectivity index (χ1v) is 11.7. The van der Waals surface area contributed by atoms with Crippen molar-refractivity contribution in [2.75, 3.05) is 18.9 Å². The minimum Gasteiger partial charge on any atom is -0.504 e. The highest BCUT2D eigenvalue weighted by Gasteiger charge is 2.24. The van der Waals surface area contributed by atoms with Gasteiger partial charge in [0.2, 0.25) is 5.43 Å². The lowest BCUT2D eigenvalue weighted by molar-refractivity contribution is 0.378. The van der Waals surface area contributed by atoms with E-state index in [1.54, 1.807) is 30.3 Å². The Balaban J connectivity index is 1.70. The Kier molecular flexibility index (Phi) is 5.06. The highest BCUT2D eigenvalue weighted by molar-refractivity contribution is 7.92. The van der Waals surface area contributed by atoms with E-state index in [1.165, 1.54) is 26.4 Å². The molecular formula is C25H19NO7S. The first-order valence-electron chi connectivity index (χ1n) is 10.2. The summed E-state index contributed by atoms with van der Waals surface area (Å²) in [6, 6.07) is 18.3. The summed E-state index contributed by atoms with van der Waals surface area (Å²) in [5.41, 5.74) is -0.399. The third-order valence-electron chi connectivity index (χ3n) is 5.58. The molecule has 5 aromatic rings. The van der Waals surface area contributed by atoms with Gasteiger partial charge in [0.1, 0.15) is 27.7 Å². The highest BCUT2D eigenvalue weighted by Crippen LogP contribution is 2.42. The van der Waals surface area contributed by atoms with E-state index in [-0.39, 0.29) is 44.0 Å². The molecule has 1 heterocycles. The Morgan fingerprint density at radius 1 is 0.853 bits per heavy atom. The van der Waals surface area contributed by atoms with Gasteiger partial charge in [0.05, 0.1) is 24.8 Å². The van der Waals surface area contributed by atoms with Crippen LogP contribution in [0, 0.1) is 0 Å². The number of phenolic OH excluding ortho intramolecular Hbond substituents is 1. The first kappa shape index (κ1) is 21.6. The molecule has 0 aliphatic heterocycles. The maximum Gasteiger partial charge on any atom is 0.262 e. The van der Waals surface area contributed by atoms with Crippen molar-refractivity contribution in [3.8, 4) is 17.2 Å². The van der Waals surface area contributed by atoms with Gasteiger partial charge in [-0.05, 0) is 35.0 Å². The van der Waals surface area contributed by atoms with E-state index in [1.807, 2.05) is 24.3 Å². The van der Waals surface area contributed by atoms with Crippen molar-refractivity contribution in [3.63, 3.8) is 0 Å². The van der Waals surface area contributed by atoms with Crippen molar-refractivity contribution in [2.24, 2.45) is 0 Å². The van der Waals surface area contributed by atoms with Crippen LogP contribution in [0.15, 0.2) is 80.8 Å². The summed E-state index contributed by atoms with van der Waals surface area (Å²) in [4.78, 5) is 13.2. The summed E-state index contributed by atoms with van der Waals surface area (Å²) in [5, 5.41) is 12.5. The normalized spacial score (nSPS) is 11.7. The molecule has 0 spiro atoms. The van der Waals surface area contributed by atoms with Crippen LogP contribution in [-0.4, -0.2) is 27.7 Å². The Morgan fingerprint density at radius 2 is 1.62 bits per heavy atom.